The van der Waals surface area contributed by atoms with E-state index in [-0.39, 0.29) is 16.4 Å². The number of nitrogens with one attached hydrogen (secondary N) is 1. The number of nitro groups is 1. The molecule has 0 saturated heterocycles. The first-order chi connectivity index (χ1) is 13.3. The van der Waals surface area contributed by atoms with Gasteiger partial charge in [0.2, 0.25) is 0 Å². The second-order valence-electron chi connectivity index (χ2n) is 6.25. The number of aryl methyl sites for hydroxylation is 2. The third-order valence-corrected chi connectivity index (χ3v) is 5.22. The van der Waals surface area contributed by atoms with Gasteiger partial charge in [-0.3, -0.25) is 14.9 Å². The SMILES string of the molecule is Cc1ccc(OCc2csc(C(=O)Nc3ccc(Cl)cc3[N+](=O)[O-])c2)c(C)c1. The number of thiophene rings is 1. The molecule has 28 heavy (non-hydrogen) atoms. The number of amides is 1. The van der Waals surface area contributed by atoms with Crippen molar-refractivity contribution in [2.75, 3.05) is 5.32 Å². The minimum Gasteiger partial charge on any atom is -0.489 e. The van der Waals surface area contributed by atoms with Crippen LogP contribution in [0.15, 0.2) is 47.8 Å². The number of anilines is 1. The molecule has 0 fully saturated rings. The predicted octanol–water partition coefficient (Wildman–Crippen LogP) is 5.76. The summed E-state index contributed by atoms with van der Waals surface area (Å²) in [5.74, 6) is 0.368. The molecule has 3 rings (SSSR count). The number of halogens is 1. The fourth-order valence-corrected chi connectivity index (χ4v) is 3.60. The molecule has 1 aromatic heterocycles. The molecule has 1 N–H and O–H groups in total. The Bertz CT molecular complexity index is 1050. The number of ether oxygens (including phenoxy) is 1. The molecular formula is C20H17ClN2O4S. The molecule has 0 unspecified atom stereocenters. The fraction of sp³-hybridized carbons (Fsp3) is 0.150. The van der Waals surface area contributed by atoms with Crippen molar-refractivity contribution in [2.24, 2.45) is 0 Å². The lowest BCUT2D eigenvalue weighted by Gasteiger charge is -2.08. The summed E-state index contributed by atoms with van der Waals surface area (Å²) in [6.45, 7) is 4.33. The van der Waals surface area contributed by atoms with E-state index in [4.69, 9.17) is 16.3 Å². The molecule has 1 amide bonds. The molecule has 1 heterocycles. The summed E-state index contributed by atoms with van der Waals surface area (Å²) in [7, 11) is 0. The van der Waals surface area contributed by atoms with E-state index >= 15 is 0 Å². The number of nitrogens with zero attached hydrogens (tertiary/aromatic N) is 1. The number of nitro benzene ring substituents is 1. The number of hydrogen-bond donors (Lipinski definition) is 1. The highest BCUT2D eigenvalue weighted by atomic mass is 35.5. The van der Waals surface area contributed by atoms with Crippen molar-refractivity contribution in [3.8, 4) is 5.75 Å². The van der Waals surface area contributed by atoms with Crippen molar-refractivity contribution in [2.45, 2.75) is 20.5 Å². The Labute approximate surface area is 170 Å². The predicted molar refractivity (Wildman–Crippen MR) is 111 cm³/mol. The summed E-state index contributed by atoms with van der Waals surface area (Å²) < 4.78 is 5.82. The zero-order valence-electron chi connectivity index (χ0n) is 15.2. The van der Waals surface area contributed by atoms with Gasteiger partial charge in [0.25, 0.3) is 11.6 Å². The lowest BCUT2D eigenvalue weighted by atomic mass is 10.1. The van der Waals surface area contributed by atoms with Crippen LogP contribution < -0.4 is 10.1 Å². The first-order valence-electron chi connectivity index (χ1n) is 8.36. The monoisotopic (exact) mass is 416 g/mol. The molecule has 0 aliphatic carbocycles. The highest BCUT2D eigenvalue weighted by molar-refractivity contribution is 7.12. The van der Waals surface area contributed by atoms with Crippen molar-refractivity contribution in [1.82, 2.24) is 0 Å². The highest BCUT2D eigenvalue weighted by Crippen LogP contribution is 2.29. The van der Waals surface area contributed by atoms with Gasteiger partial charge in [0.15, 0.2) is 0 Å². The Kier molecular flexibility index (Phi) is 5.96. The van der Waals surface area contributed by atoms with Crippen molar-refractivity contribution in [3.05, 3.63) is 84.5 Å². The van der Waals surface area contributed by atoms with Crippen LogP contribution in [0, 0.1) is 24.0 Å². The second kappa shape index (κ2) is 8.41. The smallest absolute Gasteiger partial charge is 0.294 e. The molecule has 144 valence electrons. The molecule has 0 radical (unpaired) electrons. The number of carbonyl (C=O) groups excluding carboxylic acids is 1. The lowest BCUT2D eigenvalue weighted by Crippen LogP contribution is -2.11. The largest absolute Gasteiger partial charge is 0.489 e. The van der Waals surface area contributed by atoms with E-state index in [9.17, 15) is 14.9 Å². The Morgan fingerprint density at radius 1 is 1.21 bits per heavy atom. The Balaban J connectivity index is 1.68. The standard InChI is InChI=1S/C20H17ClN2O4S/c1-12-3-6-18(13(2)7-12)27-10-14-8-19(28-11-14)20(24)22-16-5-4-15(21)9-17(16)23(25)26/h3-9,11H,10H2,1-2H3,(H,22,24). The minimum atomic E-state index is -0.584. The topological polar surface area (TPSA) is 81.5 Å². The van der Waals surface area contributed by atoms with Gasteiger partial charge in [0.1, 0.15) is 18.0 Å². The summed E-state index contributed by atoms with van der Waals surface area (Å²) in [5, 5.41) is 15.8. The van der Waals surface area contributed by atoms with E-state index in [0.717, 1.165) is 22.4 Å². The van der Waals surface area contributed by atoms with Crippen LogP contribution in [0.2, 0.25) is 5.02 Å². The molecule has 0 bridgehead atoms. The molecule has 0 saturated carbocycles. The number of benzene rings is 2. The summed E-state index contributed by atoms with van der Waals surface area (Å²) >= 11 is 7.04. The Morgan fingerprint density at radius 3 is 2.71 bits per heavy atom. The Hall–Kier alpha value is -2.90. The fourth-order valence-electron chi connectivity index (χ4n) is 2.64. The number of hydrogen-bond acceptors (Lipinski definition) is 5. The van der Waals surface area contributed by atoms with Gasteiger partial charge in [-0.1, -0.05) is 29.3 Å². The molecule has 8 heteroatoms. The first kappa shape index (κ1) is 19.9. The summed E-state index contributed by atoms with van der Waals surface area (Å²) in [5.41, 5.74) is 2.90. The summed E-state index contributed by atoms with van der Waals surface area (Å²) in [6, 6.07) is 11.8. The van der Waals surface area contributed by atoms with Gasteiger partial charge in [-0.25, -0.2) is 0 Å². The van der Waals surface area contributed by atoms with Gasteiger partial charge in [-0.05, 0) is 49.1 Å². The third kappa shape index (κ3) is 4.68. The van der Waals surface area contributed by atoms with Crippen molar-refractivity contribution in [3.63, 3.8) is 0 Å². The van der Waals surface area contributed by atoms with Crippen LogP contribution in [-0.4, -0.2) is 10.8 Å². The Morgan fingerprint density at radius 2 is 2.00 bits per heavy atom. The van der Waals surface area contributed by atoms with Crippen LogP contribution in [0.25, 0.3) is 0 Å². The number of carbonyl (C=O) groups is 1. The van der Waals surface area contributed by atoms with Gasteiger partial charge in [-0.2, -0.15) is 0 Å². The molecule has 3 aromatic rings. The number of rotatable bonds is 6. The summed E-state index contributed by atoms with van der Waals surface area (Å²) in [4.78, 5) is 23.5. The molecule has 0 aliphatic heterocycles. The van der Waals surface area contributed by atoms with Crippen molar-refractivity contribution >= 4 is 40.2 Å². The van der Waals surface area contributed by atoms with E-state index in [1.165, 1.54) is 29.5 Å². The van der Waals surface area contributed by atoms with E-state index in [0.29, 0.717) is 11.5 Å². The normalized spacial score (nSPS) is 10.5. The van der Waals surface area contributed by atoms with Gasteiger partial charge in [0.05, 0.1) is 9.80 Å². The molecular weight excluding hydrogens is 400 g/mol. The molecule has 6 nitrogen and oxygen atoms in total. The zero-order chi connectivity index (χ0) is 20.3. The van der Waals surface area contributed by atoms with E-state index < -0.39 is 10.8 Å². The van der Waals surface area contributed by atoms with Crippen molar-refractivity contribution < 1.29 is 14.5 Å². The first-order valence-corrected chi connectivity index (χ1v) is 9.62. The second-order valence-corrected chi connectivity index (χ2v) is 7.60. The highest BCUT2D eigenvalue weighted by Gasteiger charge is 2.18. The lowest BCUT2D eigenvalue weighted by molar-refractivity contribution is -0.383. The average molecular weight is 417 g/mol. The maximum atomic E-state index is 12.5. The van der Waals surface area contributed by atoms with Gasteiger partial charge in [-0.15, -0.1) is 11.3 Å². The van der Waals surface area contributed by atoms with Crippen molar-refractivity contribution in [1.29, 1.82) is 0 Å². The van der Waals surface area contributed by atoms with E-state index in [2.05, 4.69) is 5.32 Å². The molecule has 2 aromatic carbocycles. The maximum absolute atomic E-state index is 12.5. The quantitative estimate of drug-likeness (QED) is 0.409. The maximum Gasteiger partial charge on any atom is 0.294 e. The van der Waals surface area contributed by atoms with Gasteiger partial charge in [0, 0.05) is 16.7 Å². The average Bonchev–Trinajstić information content (AvgIpc) is 3.11. The minimum absolute atomic E-state index is 0.0980. The third-order valence-electron chi connectivity index (χ3n) is 4.01. The van der Waals surface area contributed by atoms with Crippen LogP contribution >= 0.6 is 22.9 Å². The molecule has 0 spiro atoms. The van der Waals surface area contributed by atoms with Crippen LogP contribution in [0.3, 0.4) is 0 Å². The van der Waals surface area contributed by atoms with Crippen LogP contribution in [0.1, 0.15) is 26.4 Å². The zero-order valence-corrected chi connectivity index (χ0v) is 16.8. The van der Waals surface area contributed by atoms with Crippen LogP contribution in [0.4, 0.5) is 11.4 Å². The molecule has 0 aliphatic rings. The van der Waals surface area contributed by atoms with Crippen LogP contribution in [0.5, 0.6) is 5.75 Å². The van der Waals surface area contributed by atoms with E-state index in [1.54, 1.807) is 6.07 Å². The van der Waals surface area contributed by atoms with Gasteiger partial charge < -0.3 is 10.1 Å². The van der Waals surface area contributed by atoms with Gasteiger partial charge >= 0.3 is 0 Å². The molecule has 0 atom stereocenters. The summed E-state index contributed by atoms with van der Waals surface area (Å²) in [6.07, 6.45) is 0. The van der Waals surface area contributed by atoms with Crippen LogP contribution in [-0.2, 0) is 6.61 Å². The van der Waals surface area contributed by atoms with E-state index in [1.807, 2.05) is 37.4 Å².